The van der Waals surface area contributed by atoms with Crippen molar-refractivity contribution in [2.75, 3.05) is 7.11 Å². The number of rotatable bonds is 2. The van der Waals surface area contributed by atoms with Gasteiger partial charge in [0, 0.05) is 5.56 Å². The van der Waals surface area contributed by atoms with Crippen molar-refractivity contribution in [3.05, 3.63) is 53.0 Å². The first-order valence-corrected chi connectivity index (χ1v) is 5.54. The minimum absolute atomic E-state index is 0.442. The van der Waals surface area contributed by atoms with Gasteiger partial charge in [-0.2, -0.15) is 0 Å². The van der Waals surface area contributed by atoms with Crippen LogP contribution in [0.15, 0.2) is 51.7 Å². The SMILES string of the molecule is COc1ccccc1-c1ccc2[nH]c(=O)oc2c1. The Bertz CT molecular complexity index is 755. The van der Waals surface area contributed by atoms with Gasteiger partial charge in [-0.3, -0.25) is 4.98 Å². The molecule has 0 saturated heterocycles. The number of H-pyrrole nitrogens is 1. The Morgan fingerprint density at radius 2 is 2.00 bits per heavy atom. The van der Waals surface area contributed by atoms with E-state index in [9.17, 15) is 4.79 Å². The predicted molar refractivity (Wildman–Crippen MR) is 68.8 cm³/mol. The van der Waals surface area contributed by atoms with Crippen LogP contribution in [0.5, 0.6) is 5.75 Å². The molecule has 0 fully saturated rings. The highest BCUT2D eigenvalue weighted by Crippen LogP contribution is 2.30. The van der Waals surface area contributed by atoms with E-state index in [1.807, 2.05) is 42.5 Å². The summed E-state index contributed by atoms with van der Waals surface area (Å²) >= 11 is 0. The highest BCUT2D eigenvalue weighted by molar-refractivity contribution is 5.81. The fraction of sp³-hybridized carbons (Fsp3) is 0.0714. The van der Waals surface area contributed by atoms with E-state index in [4.69, 9.17) is 9.15 Å². The van der Waals surface area contributed by atoms with E-state index < -0.39 is 5.76 Å². The molecule has 0 bridgehead atoms. The monoisotopic (exact) mass is 241 g/mol. The molecule has 0 saturated carbocycles. The van der Waals surface area contributed by atoms with Crippen LogP contribution in [-0.2, 0) is 0 Å². The van der Waals surface area contributed by atoms with E-state index in [0.717, 1.165) is 16.9 Å². The molecule has 1 heterocycles. The van der Waals surface area contributed by atoms with Crippen LogP contribution < -0.4 is 10.5 Å². The largest absolute Gasteiger partial charge is 0.496 e. The van der Waals surface area contributed by atoms with E-state index in [1.54, 1.807) is 7.11 Å². The topological polar surface area (TPSA) is 55.2 Å². The van der Waals surface area contributed by atoms with Crippen molar-refractivity contribution in [2.24, 2.45) is 0 Å². The van der Waals surface area contributed by atoms with E-state index in [1.165, 1.54) is 0 Å². The fourth-order valence-electron chi connectivity index (χ4n) is 2.00. The molecule has 1 N–H and O–H groups in total. The van der Waals surface area contributed by atoms with Crippen LogP contribution in [-0.4, -0.2) is 12.1 Å². The fourth-order valence-corrected chi connectivity index (χ4v) is 2.00. The summed E-state index contributed by atoms with van der Waals surface area (Å²) in [6.45, 7) is 0. The maximum atomic E-state index is 11.1. The van der Waals surface area contributed by atoms with Crippen molar-refractivity contribution < 1.29 is 9.15 Å². The van der Waals surface area contributed by atoms with Crippen LogP contribution in [0.1, 0.15) is 0 Å². The zero-order chi connectivity index (χ0) is 12.5. The lowest BCUT2D eigenvalue weighted by atomic mass is 10.0. The highest BCUT2D eigenvalue weighted by atomic mass is 16.5. The van der Waals surface area contributed by atoms with Crippen LogP contribution >= 0.6 is 0 Å². The zero-order valence-electron chi connectivity index (χ0n) is 9.77. The van der Waals surface area contributed by atoms with Crippen LogP contribution in [0.3, 0.4) is 0 Å². The van der Waals surface area contributed by atoms with Crippen LogP contribution in [0, 0.1) is 0 Å². The smallest absolute Gasteiger partial charge is 0.417 e. The third-order valence-corrected chi connectivity index (χ3v) is 2.84. The second kappa shape index (κ2) is 4.07. The number of aromatic amines is 1. The van der Waals surface area contributed by atoms with Crippen molar-refractivity contribution in [2.45, 2.75) is 0 Å². The van der Waals surface area contributed by atoms with Gasteiger partial charge >= 0.3 is 5.76 Å². The highest BCUT2D eigenvalue weighted by Gasteiger charge is 2.07. The van der Waals surface area contributed by atoms with Gasteiger partial charge in [0.15, 0.2) is 5.58 Å². The summed E-state index contributed by atoms with van der Waals surface area (Å²) in [4.78, 5) is 13.7. The lowest BCUT2D eigenvalue weighted by molar-refractivity contribution is 0.416. The number of aromatic nitrogens is 1. The summed E-state index contributed by atoms with van der Waals surface area (Å²) in [5, 5.41) is 0. The molecule has 0 aliphatic carbocycles. The van der Waals surface area contributed by atoms with Crippen molar-refractivity contribution in [3.63, 3.8) is 0 Å². The Morgan fingerprint density at radius 1 is 1.17 bits per heavy atom. The minimum Gasteiger partial charge on any atom is -0.496 e. The van der Waals surface area contributed by atoms with E-state index in [-0.39, 0.29) is 0 Å². The van der Waals surface area contributed by atoms with Crippen molar-refractivity contribution in [1.29, 1.82) is 0 Å². The number of hydrogen-bond acceptors (Lipinski definition) is 3. The zero-order valence-corrected chi connectivity index (χ0v) is 9.77. The second-order valence-electron chi connectivity index (χ2n) is 3.93. The third-order valence-electron chi connectivity index (χ3n) is 2.84. The quantitative estimate of drug-likeness (QED) is 0.750. The minimum atomic E-state index is -0.442. The van der Waals surface area contributed by atoms with Gasteiger partial charge in [-0.25, -0.2) is 4.79 Å². The molecule has 0 aliphatic rings. The summed E-state index contributed by atoms with van der Waals surface area (Å²) in [7, 11) is 1.63. The van der Waals surface area contributed by atoms with Crippen molar-refractivity contribution in [3.8, 4) is 16.9 Å². The number of methoxy groups -OCH3 is 1. The average molecular weight is 241 g/mol. The maximum absolute atomic E-state index is 11.1. The van der Waals surface area contributed by atoms with E-state index >= 15 is 0 Å². The molecule has 0 atom stereocenters. The van der Waals surface area contributed by atoms with Gasteiger partial charge in [0.1, 0.15) is 5.75 Å². The molecule has 0 spiro atoms. The molecule has 90 valence electrons. The normalized spacial score (nSPS) is 10.7. The van der Waals surface area contributed by atoms with Crippen LogP contribution in [0.4, 0.5) is 0 Å². The number of nitrogens with one attached hydrogen (secondary N) is 1. The lowest BCUT2D eigenvalue weighted by Gasteiger charge is -2.07. The summed E-state index contributed by atoms with van der Waals surface area (Å²) in [6.07, 6.45) is 0. The van der Waals surface area contributed by atoms with Gasteiger partial charge in [0.05, 0.1) is 12.6 Å². The number of hydrogen-bond donors (Lipinski definition) is 1. The lowest BCUT2D eigenvalue weighted by Crippen LogP contribution is -1.92. The van der Waals surface area contributed by atoms with E-state index in [0.29, 0.717) is 11.1 Å². The summed E-state index contributed by atoms with van der Waals surface area (Å²) < 4.78 is 10.4. The van der Waals surface area contributed by atoms with Gasteiger partial charge in [-0.1, -0.05) is 24.3 Å². The second-order valence-corrected chi connectivity index (χ2v) is 3.93. The summed E-state index contributed by atoms with van der Waals surface area (Å²) in [5.74, 6) is 0.344. The number of ether oxygens (including phenoxy) is 1. The molecule has 0 unspecified atom stereocenters. The standard InChI is InChI=1S/C14H11NO3/c1-17-12-5-3-2-4-10(12)9-6-7-11-13(8-9)18-14(16)15-11/h2-8H,1H3,(H,15,16). The first-order chi connectivity index (χ1) is 8.78. The Balaban J connectivity index is 2.21. The average Bonchev–Trinajstić information content (AvgIpc) is 2.77. The molecule has 4 nitrogen and oxygen atoms in total. The third kappa shape index (κ3) is 1.68. The van der Waals surface area contributed by atoms with Crippen LogP contribution in [0.2, 0.25) is 0 Å². The summed E-state index contributed by atoms with van der Waals surface area (Å²) in [5.41, 5.74) is 3.15. The molecular weight excluding hydrogens is 230 g/mol. The number of oxazole rings is 1. The van der Waals surface area contributed by atoms with Gasteiger partial charge in [-0.15, -0.1) is 0 Å². The first-order valence-electron chi connectivity index (χ1n) is 5.54. The van der Waals surface area contributed by atoms with Gasteiger partial charge in [-0.05, 0) is 23.8 Å². The molecule has 0 aliphatic heterocycles. The molecule has 4 heteroatoms. The molecule has 0 radical (unpaired) electrons. The van der Waals surface area contributed by atoms with Crippen molar-refractivity contribution >= 4 is 11.1 Å². The van der Waals surface area contributed by atoms with Gasteiger partial charge < -0.3 is 9.15 Å². The molecule has 1 aromatic heterocycles. The molecule has 3 aromatic rings. The predicted octanol–water partition coefficient (Wildman–Crippen LogP) is 2.80. The van der Waals surface area contributed by atoms with Crippen LogP contribution in [0.25, 0.3) is 22.2 Å². The van der Waals surface area contributed by atoms with Gasteiger partial charge in [0.25, 0.3) is 0 Å². The Kier molecular flexibility index (Phi) is 2.41. The Hall–Kier alpha value is -2.49. The van der Waals surface area contributed by atoms with E-state index in [2.05, 4.69) is 4.98 Å². The molecule has 0 amide bonds. The molecule has 3 rings (SSSR count). The molecule has 2 aromatic carbocycles. The summed E-state index contributed by atoms with van der Waals surface area (Å²) in [6, 6.07) is 13.3. The van der Waals surface area contributed by atoms with Crippen molar-refractivity contribution in [1.82, 2.24) is 4.98 Å². The number of fused-ring (bicyclic) bond motifs is 1. The Labute approximate surface area is 103 Å². The molecular formula is C14H11NO3. The Morgan fingerprint density at radius 3 is 2.83 bits per heavy atom. The molecule has 18 heavy (non-hydrogen) atoms. The maximum Gasteiger partial charge on any atom is 0.417 e. The van der Waals surface area contributed by atoms with Gasteiger partial charge in [0.2, 0.25) is 0 Å². The first kappa shape index (κ1) is 10.7. The number of para-hydroxylation sites is 1. The number of benzene rings is 2.